The zero-order chi connectivity index (χ0) is 18.4. The highest BCUT2D eigenvalue weighted by Crippen LogP contribution is 2.19. The molecule has 2 aliphatic heterocycles. The Bertz CT molecular complexity index is 634. The van der Waals surface area contributed by atoms with Gasteiger partial charge in [-0.1, -0.05) is 12.1 Å². The number of nitrogens with zero attached hydrogens (tertiary/aromatic N) is 1. The van der Waals surface area contributed by atoms with E-state index in [1.807, 2.05) is 31.2 Å². The molecule has 2 heterocycles. The Hall–Kier alpha value is -1.79. The van der Waals surface area contributed by atoms with Crippen molar-refractivity contribution in [2.24, 2.45) is 11.8 Å². The van der Waals surface area contributed by atoms with Gasteiger partial charge in [0.25, 0.3) is 0 Å². The van der Waals surface area contributed by atoms with Crippen molar-refractivity contribution in [2.75, 3.05) is 38.0 Å². The summed E-state index contributed by atoms with van der Waals surface area (Å²) >= 11 is 0. The van der Waals surface area contributed by atoms with Gasteiger partial charge in [-0.3, -0.25) is 4.79 Å². The number of amides is 3. The minimum atomic E-state index is -0.120. The van der Waals surface area contributed by atoms with Crippen LogP contribution in [0.4, 0.5) is 10.5 Å². The second-order valence-electron chi connectivity index (χ2n) is 7.52. The first kappa shape index (κ1) is 21.5. The Morgan fingerprint density at radius 1 is 1.30 bits per heavy atom. The third kappa shape index (κ3) is 6.40. The molecule has 0 bridgehead atoms. The third-order valence-corrected chi connectivity index (χ3v) is 5.36. The molecule has 7 heteroatoms. The van der Waals surface area contributed by atoms with Crippen LogP contribution < -0.4 is 16.0 Å². The molecule has 27 heavy (non-hydrogen) atoms. The maximum Gasteiger partial charge on any atom is 0.321 e. The van der Waals surface area contributed by atoms with Gasteiger partial charge in [0, 0.05) is 25.3 Å². The Labute approximate surface area is 167 Å². The van der Waals surface area contributed by atoms with Crippen LogP contribution in [0.25, 0.3) is 0 Å². The number of rotatable bonds is 5. The molecule has 2 aliphatic rings. The van der Waals surface area contributed by atoms with E-state index in [0.29, 0.717) is 19.0 Å². The standard InChI is InChI=1S/C20H30N4O2.ClH/c1-15-4-2-6-18(12-15)23-20(26)24-11-3-5-17(14-24)19(25)22-10-8-16-7-9-21-13-16;/h2,4,6,12,16-17,21H,3,5,7-11,13-14H2,1H3,(H,22,25)(H,23,26);1H. The van der Waals surface area contributed by atoms with E-state index in [0.717, 1.165) is 50.1 Å². The van der Waals surface area contributed by atoms with Gasteiger partial charge in [0.2, 0.25) is 5.91 Å². The van der Waals surface area contributed by atoms with Crippen LogP contribution >= 0.6 is 12.4 Å². The summed E-state index contributed by atoms with van der Waals surface area (Å²) in [5.74, 6) is 0.663. The normalized spacial score (nSPS) is 22.0. The second kappa shape index (κ2) is 10.5. The molecule has 3 N–H and O–H groups in total. The van der Waals surface area contributed by atoms with Crippen molar-refractivity contribution < 1.29 is 9.59 Å². The van der Waals surface area contributed by atoms with Crippen LogP contribution in [0.1, 0.15) is 31.2 Å². The van der Waals surface area contributed by atoms with Crippen molar-refractivity contribution in [3.05, 3.63) is 29.8 Å². The summed E-state index contributed by atoms with van der Waals surface area (Å²) in [5.41, 5.74) is 1.91. The Kier molecular flexibility index (Phi) is 8.38. The lowest BCUT2D eigenvalue weighted by molar-refractivity contribution is -0.126. The summed E-state index contributed by atoms with van der Waals surface area (Å²) in [7, 11) is 0. The molecular weight excluding hydrogens is 364 g/mol. The Balaban J connectivity index is 0.00000261. The number of hydrogen-bond donors (Lipinski definition) is 3. The number of piperidine rings is 1. The highest BCUT2D eigenvalue weighted by Gasteiger charge is 2.28. The van der Waals surface area contributed by atoms with E-state index in [4.69, 9.17) is 0 Å². The molecule has 2 fully saturated rings. The highest BCUT2D eigenvalue weighted by molar-refractivity contribution is 5.90. The van der Waals surface area contributed by atoms with Crippen molar-refractivity contribution in [3.8, 4) is 0 Å². The van der Waals surface area contributed by atoms with Gasteiger partial charge in [0.15, 0.2) is 0 Å². The van der Waals surface area contributed by atoms with Crippen LogP contribution in [0, 0.1) is 18.8 Å². The van der Waals surface area contributed by atoms with E-state index < -0.39 is 0 Å². The number of carbonyl (C=O) groups excluding carboxylic acids is 2. The second-order valence-corrected chi connectivity index (χ2v) is 7.52. The molecule has 2 atom stereocenters. The average molecular weight is 395 g/mol. The van der Waals surface area contributed by atoms with Gasteiger partial charge >= 0.3 is 6.03 Å². The fourth-order valence-electron chi connectivity index (χ4n) is 3.81. The van der Waals surface area contributed by atoms with Gasteiger partial charge in [-0.25, -0.2) is 4.79 Å². The summed E-state index contributed by atoms with van der Waals surface area (Å²) in [6, 6.07) is 7.64. The van der Waals surface area contributed by atoms with Gasteiger partial charge in [0.1, 0.15) is 0 Å². The first-order valence-corrected chi connectivity index (χ1v) is 9.73. The van der Waals surface area contributed by atoms with Crippen LogP contribution in [0.15, 0.2) is 24.3 Å². The smallest absolute Gasteiger partial charge is 0.321 e. The van der Waals surface area contributed by atoms with Crippen LogP contribution in [0.3, 0.4) is 0 Å². The van der Waals surface area contributed by atoms with Crippen LogP contribution in [0.2, 0.25) is 0 Å². The minimum absolute atomic E-state index is 0. The molecule has 150 valence electrons. The largest absolute Gasteiger partial charge is 0.356 e. The maximum absolute atomic E-state index is 12.5. The summed E-state index contributed by atoms with van der Waals surface area (Å²) in [4.78, 5) is 26.7. The first-order chi connectivity index (χ1) is 12.6. The molecule has 0 saturated carbocycles. The lowest BCUT2D eigenvalue weighted by Gasteiger charge is -2.32. The van der Waals surface area contributed by atoms with E-state index in [1.165, 1.54) is 6.42 Å². The Morgan fingerprint density at radius 3 is 2.89 bits per heavy atom. The number of nitrogens with one attached hydrogen (secondary N) is 3. The molecule has 1 aromatic rings. The van der Waals surface area contributed by atoms with E-state index in [2.05, 4.69) is 16.0 Å². The fraction of sp³-hybridized carbons (Fsp3) is 0.600. The van der Waals surface area contributed by atoms with Gasteiger partial charge in [-0.15, -0.1) is 12.4 Å². The summed E-state index contributed by atoms with van der Waals surface area (Å²) in [6.07, 6.45) is 3.95. The summed E-state index contributed by atoms with van der Waals surface area (Å²) in [6.45, 7) is 6.08. The molecule has 0 spiro atoms. The molecule has 0 radical (unpaired) electrons. The van der Waals surface area contributed by atoms with Crippen LogP contribution in [-0.2, 0) is 4.79 Å². The number of aryl methyl sites for hydroxylation is 1. The Morgan fingerprint density at radius 2 is 2.15 bits per heavy atom. The predicted octanol–water partition coefficient (Wildman–Crippen LogP) is 2.78. The topological polar surface area (TPSA) is 73.5 Å². The van der Waals surface area contributed by atoms with Crippen molar-refractivity contribution in [3.63, 3.8) is 0 Å². The molecule has 2 saturated heterocycles. The molecule has 3 amide bonds. The zero-order valence-electron chi connectivity index (χ0n) is 16.0. The number of hydrogen-bond acceptors (Lipinski definition) is 3. The quantitative estimate of drug-likeness (QED) is 0.718. The molecule has 2 unspecified atom stereocenters. The maximum atomic E-state index is 12.5. The number of anilines is 1. The van der Waals surface area contributed by atoms with Crippen molar-refractivity contribution in [1.82, 2.24) is 15.5 Å². The van der Waals surface area contributed by atoms with Gasteiger partial charge in [-0.2, -0.15) is 0 Å². The number of benzene rings is 1. The number of carbonyl (C=O) groups is 2. The van der Waals surface area contributed by atoms with Crippen molar-refractivity contribution in [2.45, 2.75) is 32.6 Å². The van der Waals surface area contributed by atoms with Gasteiger partial charge in [0.05, 0.1) is 5.92 Å². The minimum Gasteiger partial charge on any atom is -0.356 e. The lowest BCUT2D eigenvalue weighted by atomic mass is 9.97. The van der Waals surface area contributed by atoms with Crippen molar-refractivity contribution in [1.29, 1.82) is 0 Å². The fourth-order valence-corrected chi connectivity index (χ4v) is 3.81. The molecule has 1 aromatic carbocycles. The van der Waals surface area contributed by atoms with E-state index in [-0.39, 0.29) is 30.3 Å². The number of likely N-dealkylation sites (tertiary alicyclic amines) is 1. The number of halogens is 1. The van der Waals surface area contributed by atoms with Gasteiger partial charge < -0.3 is 20.9 Å². The monoisotopic (exact) mass is 394 g/mol. The van der Waals surface area contributed by atoms with Crippen LogP contribution in [0.5, 0.6) is 0 Å². The molecule has 6 nitrogen and oxygen atoms in total. The van der Waals surface area contributed by atoms with E-state index in [9.17, 15) is 9.59 Å². The molecule has 3 rings (SSSR count). The third-order valence-electron chi connectivity index (χ3n) is 5.36. The highest BCUT2D eigenvalue weighted by atomic mass is 35.5. The van der Waals surface area contributed by atoms with E-state index >= 15 is 0 Å². The summed E-state index contributed by atoms with van der Waals surface area (Å²) < 4.78 is 0. The molecule has 0 aromatic heterocycles. The molecule has 0 aliphatic carbocycles. The van der Waals surface area contributed by atoms with Crippen molar-refractivity contribution >= 4 is 30.0 Å². The summed E-state index contributed by atoms with van der Waals surface area (Å²) in [5, 5.41) is 9.36. The first-order valence-electron chi connectivity index (χ1n) is 9.73. The predicted molar refractivity (Wildman–Crippen MR) is 110 cm³/mol. The number of urea groups is 1. The van der Waals surface area contributed by atoms with E-state index in [1.54, 1.807) is 4.90 Å². The zero-order valence-corrected chi connectivity index (χ0v) is 16.8. The SMILES string of the molecule is Cc1cccc(NC(=O)N2CCCC(C(=O)NCCC3CCNC3)C2)c1.Cl. The van der Waals surface area contributed by atoms with Crippen LogP contribution in [-0.4, -0.2) is 49.6 Å². The molecular formula is C20H31ClN4O2. The average Bonchev–Trinajstić information content (AvgIpc) is 3.15. The van der Waals surface area contributed by atoms with Gasteiger partial charge in [-0.05, 0) is 69.3 Å². The lowest BCUT2D eigenvalue weighted by Crippen LogP contribution is -2.47.